The van der Waals surface area contributed by atoms with Crippen LogP contribution in [0.1, 0.15) is 26.2 Å². The molecule has 0 aromatic carbocycles. The van der Waals surface area contributed by atoms with E-state index in [2.05, 4.69) is 4.72 Å². The molecule has 0 spiro atoms. The van der Waals surface area contributed by atoms with E-state index in [4.69, 9.17) is 9.84 Å². The summed E-state index contributed by atoms with van der Waals surface area (Å²) in [6, 6.07) is -1.05. The Morgan fingerprint density at radius 1 is 1.62 bits per heavy atom. The standard InChI is InChI=1S/C9H17NO5S/c1-2-8(9(11)12)10-16(13,14)6-7-4-3-5-15-7/h7-8,10H,2-6H2,1H3,(H,11,12)/t7?,8-/m0/s1. The number of hydrogen-bond donors (Lipinski definition) is 2. The molecule has 1 aliphatic rings. The SMILES string of the molecule is CC[C@H](NS(=O)(=O)CC1CCCO1)C(=O)O. The molecule has 1 heterocycles. The van der Waals surface area contributed by atoms with Crippen LogP contribution in [0, 0.1) is 0 Å². The maximum absolute atomic E-state index is 11.6. The fraction of sp³-hybridized carbons (Fsp3) is 0.889. The van der Waals surface area contributed by atoms with Crippen molar-refractivity contribution in [3.63, 3.8) is 0 Å². The zero-order chi connectivity index (χ0) is 12.2. The molecule has 0 aromatic heterocycles. The normalized spacial score (nSPS) is 23.2. The maximum Gasteiger partial charge on any atom is 0.321 e. The van der Waals surface area contributed by atoms with E-state index >= 15 is 0 Å². The Hall–Kier alpha value is -0.660. The van der Waals surface area contributed by atoms with Crippen molar-refractivity contribution >= 4 is 16.0 Å². The summed E-state index contributed by atoms with van der Waals surface area (Å²) in [6.45, 7) is 2.20. The highest BCUT2D eigenvalue weighted by Gasteiger charge is 2.27. The van der Waals surface area contributed by atoms with Gasteiger partial charge in [0, 0.05) is 6.61 Å². The molecule has 6 nitrogen and oxygen atoms in total. The third-order valence-corrected chi connectivity index (χ3v) is 3.91. The van der Waals surface area contributed by atoms with E-state index in [-0.39, 0.29) is 18.3 Å². The molecule has 0 aliphatic carbocycles. The van der Waals surface area contributed by atoms with Crippen molar-refractivity contribution in [1.29, 1.82) is 0 Å². The second-order valence-corrected chi connectivity index (χ2v) is 5.63. The van der Waals surface area contributed by atoms with Gasteiger partial charge in [-0.25, -0.2) is 13.1 Å². The third kappa shape index (κ3) is 4.07. The lowest BCUT2D eigenvalue weighted by Gasteiger charge is -2.15. The second-order valence-electron chi connectivity index (χ2n) is 3.83. The van der Waals surface area contributed by atoms with E-state index in [1.807, 2.05) is 0 Å². The summed E-state index contributed by atoms with van der Waals surface area (Å²) in [4.78, 5) is 10.7. The van der Waals surface area contributed by atoms with E-state index < -0.39 is 22.0 Å². The van der Waals surface area contributed by atoms with Crippen molar-refractivity contribution in [2.75, 3.05) is 12.4 Å². The molecule has 0 aromatic rings. The van der Waals surface area contributed by atoms with Crippen molar-refractivity contribution in [1.82, 2.24) is 4.72 Å². The number of ether oxygens (including phenoxy) is 1. The average molecular weight is 251 g/mol. The molecule has 1 rings (SSSR count). The monoisotopic (exact) mass is 251 g/mol. The molecule has 1 saturated heterocycles. The van der Waals surface area contributed by atoms with E-state index in [9.17, 15) is 13.2 Å². The van der Waals surface area contributed by atoms with Crippen molar-refractivity contribution < 1.29 is 23.1 Å². The van der Waals surface area contributed by atoms with E-state index in [1.54, 1.807) is 6.92 Å². The highest BCUT2D eigenvalue weighted by molar-refractivity contribution is 7.89. The van der Waals surface area contributed by atoms with Gasteiger partial charge in [0.2, 0.25) is 10.0 Å². The summed E-state index contributed by atoms with van der Waals surface area (Å²) >= 11 is 0. The van der Waals surface area contributed by atoms with Crippen molar-refractivity contribution in [2.45, 2.75) is 38.3 Å². The van der Waals surface area contributed by atoms with Gasteiger partial charge in [0.25, 0.3) is 0 Å². The molecule has 0 saturated carbocycles. The lowest BCUT2D eigenvalue weighted by atomic mass is 10.2. The Kier molecular flexibility index (Phi) is 4.69. The summed E-state index contributed by atoms with van der Waals surface area (Å²) in [5.74, 6) is -1.31. The molecule has 0 amide bonds. The molecule has 7 heteroatoms. The number of sulfonamides is 1. The minimum atomic E-state index is -3.58. The van der Waals surface area contributed by atoms with Crippen LogP contribution in [0.4, 0.5) is 0 Å². The third-order valence-electron chi connectivity index (χ3n) is 2.46. The molecule has 1 fully saturated rings. The molecule has 1 unspecified atom stereocenters. The summed E-state index contributed by atoms with van der Waals surface area (Å²) in [6.07, 6.45) is 1.49. The van der Waals surface area contributed by atoms with Gasteiger partial charge in [-0.1, -0.05) is 6.92 Å². The molecule has 0 radical (unpaired) electrons. The predicted octanol–water partition coefficient (Wildman–Crippen LogP) is -0.0520. The maximum atomic E-state index is 11.6. The first-order valence-corrected chi connectivity index (χ1v) is 6.94. The van der Waals surface area contributed by atoms with Crippen LogP contribution in [0.25, 0.3) is 0 Å². The highest BCUT2D eigenvalue weighted by atomic mass is 32.2. The Morgan fingerprint density at radius 2 is 2.31 bits per heavy atom. The van der Waals surface area contributed by atoms with Crippen LogP contribution in [0.5, 0.6) is 0 Å². The Morgan fingerprint density at radius 3 is 2.75 bits per heavy atom. The van der Waals surface area contributed by atoms with Gasteiger partial charge in [0.1, 0.15) is 6.04 Å². The Labute approximate surface area is 95.0 Å². The van der Waals surface area contributed by atoms with E-state index in [1.165, 1.54) is 0 Å². The second kappa shape index (κ2) is 5.60. The largest absolute Gasteiger partial charge is 0.480 e. The van der Waals surface area contributed by atoms with Crippen molar-refractivity contribution in [3.05, 3.63) is 0 Å². The summed E-state index contributed by atoms with van der Waals surface area (Å²) in [5, 5.41) is 8.74. The molecule has 0 bridgehead atoms. The van der Waals surface area contributed by atoms with Gasteiger partial charge in [-0.15, -0.1) is 0 Å². The minimum Gasteiger partial charge on any atom is -0.480 e. The molecular weight excluding hydrogens is 234 g/mol. The number of carboxylic acids is 1. The number of carbonyl (C=O) groups is 1. The first-order valence-electron chi connectivity index (χ1n) is 5.29. The van der Waals surface area contributed by atoms with Crippen LogP contribution in [-0.2, 0) is 19.6 Å². The summed E-state index contributed by atoms with van der Waals surface area (Å²) < 4.78 is 30.6. The smallest absolute Gasteiger partial charge is 0.321 e. The van der Waals surface area contributed by atoms with Crippen molar-refractivity contribution in [2.24, 2.45) is 0 Å². The molecule has 2 atom stereocenters. The van der Waals surface area contributed by atoms with E-state index in [0.29, 0.717) is 13.0 Å². The molecule has 16 heavy (non-hydrogen) atoms. The molecule has 2 N–H and O–H groups in total. The van der Waals surface area contributed by atoms with Gasteiger partial charge >= 0.3 is 5.97 Å². The van der Waals surface area contributed by atoms with Crippen LogP contribution >= 0.6 is 0 Å². The van der Waals surface area contributed by atoms with Gasteiger partial charge in [0.05, 0.1) is 11.9 Å². The number of hydrogen-bond acceptors (Lipinski definition) is 4. The van der Waals surface area contributed by atoms with Crippen LogP contribution < -0.4 is 4.72 Å². The van der Waals surface area contributed by atoms with Crippen LogP contribution in [0.2, 0.25) is 0 Å². The molecule has 94 valence electrons. The fourth-order valence-corrected chi connectivity index (χ4v) is 3.14. The number of aliphatic carboxylic acids is 1. The van der Waals surface area contributed by atoms with Gasteiger partial charge in [-0.3, -0.25) is 4.79 Å². The van der Waals surface area contributed by atoms with Gasteiger partial charge in [-0.2, -0.15) is 0 Å². The molecule has 1 aliphatic heterocycles. The van der Waals surface area contributed by atoms with Crippen molar-refractivity contribution in [3.8, 4) is 0 Å². The Balaban J connectivity index is 2.52. The summed E-state index contributed by atoms with van der Waals surface area (Å²) in [7, 11) is -3.58. The number of carboxylic acid groups (broad SMARTS) is 1. The van der Waals surface area contributed by atoms with Crippen LogP contribution in [0.3, 0.4) is 0 Å². The lowest BCUT2D eigenvalue weighted by molar-refractivity contribution is -0.139. The first kappa shape index (κ1) is 13.4. The van der Waals surface area contributed by atoms with E-state index in [0.717, 1.165) is 6.42 Å². The predicted molar refractivity (Wildman–Crippen MR) is 57.6 cm³/mol. The minimum absolute atomic E-state index is 0.156. The highest BCUT2D eigenvalue weighted by Crippen LogP contribution is 2.13. The number of nitrogens with one attached hydrogen (secondary N) is 1. The van der Waals surface area contributed by atoms with Crippen LogP contribution in [0.15, 0.2) is 0 Å². The fourth-order valence-electron chi connectivity index (χ4n) is 1.59. The molecular formula is C9H17NO5S. The average Bonchev–Trinajstić information content (AvgIpc) is 2.65. The lowest BCUT2D eigenvalue weighted by Crippen LogP contribution is -2.43. The zero-order valence-electron chi connectivity index (χ0n) is 9.18. The van der Waals surface area contributed by atoms with Gasteiger partial charge in [-0.05, 0) is 19.3 Å². The first-order chi connectivity index (χ1) is 7.44. The topological polar surface area (TPSA) is 92.7 Å². The Bertz CT molecular complexity index is 334. The van der Waals surface area contributed by atoms with Crippen LogP contribution in [-0.4, -0.2) is 44.0 Å². The summed E-state index contributed by atoms with van der Waals surface area (Å²) in [5.41, 5.74) is 0. The van der Waals surface area contributed by atoms with Gasteiger partial charge < -0.3 is 9.84 Å². The van der Waals surface area contributed by atoms with Gasteiger partial charge in [0.15, 0.2) is 0 Å². The zero-order valence-corrected chi connectivity index (χ0v) is 10.00. The quantitative estimate of drug-likeness (QED) is 0.690. The number of rotatable bonds is 6.